The zero-order valence-electron chi connectivity index (χ0n) is 10.9. The summed E-state index contributed by atoms with van der Waals surface area (Å²) in [6.07, 6.45) is 13.6. The first-order chi connectivity index (χ1) is 7.83. The minimum absolute atomic E-state index is 0.870. The van der Waals surface area contributed by atoms with E-state index in [0.29, 0.717) is 0 Å². The zero-order valence-corrected chi connectivity index (χ0v) is 10.9. The van der Waals surface area contributed by atoms with Gasteiger partial charge < -0.3 is 10.5 Å². The van der Waals surface area contributed by atoms with Crippen LogP contribution in [0.2, 0.25) is 0 Å². The second-order valence-corrected chi connectivity index (χ2v) is 3.73. The molecule has 96 valence electrons. The molecule has 0 unspecified atom stereocenters. The summed E-state index contributed by atoms with van der Waals surface area (Å²) in [7, 11) is 0. The first-order valence-electron chi connectivity index (χ1n) is 6.40. The van der Waals surface area contributed by atoms with Gasteiger partial charge in [-0.15, -0.1) is 0 Å². The molecule has 2 N–H and O–H groups in total. The molecule has 2 heteroatoms. The Hall–Kier alpha value is -0.760. The molecule has 0 aliphatic heterocycles. The van der Waals surface area contributed by atoms with E-state index in [1.807, 2.05) is 0 Å². The van der Waals surface area contributed by atoms with Crippen LogP contribution in [-0.4, -0.2) is 6.54 Å². The van der Waals surface area contributed by atoms with Gasteiger partial charge in [0.25, 0.3) is 0 Å². The summed E-state index contributed by atoms with van der Waals surface area (Å²) in [4.78, 5) is 0. The first-order valence-corrected chi connectivity index (χ1v) is 6.40. The van der Waals surface area contributed by atoms with Crippen LogP contribution < -0.4 is 5.73 Å². The molecule has 2 nitrogen and oxygen atoms in total. The molecule has 0 heterocycles. The van der Waals surface area contributed by atoms with E-state index in [1.54, 1.807) is 0 Å². The van der Waals surface area contributed by atoms with Crippen molar-refractivity contribution in [2.45, 2.75) is 58.3 Å². The number of ether oxygens (including phenoxy) is 1. The average Bonchev–Trinajstić information content (AvgIpc) is 2.30. The van der Waals surface area contributed by atoms with Crippen LogP contribution in [-0.2, 0) is 4.74 Å². The molecule has 0 rings (SSSR count). The van der Waals surface area contributed by atoms with Crippen LogP contribution in [0.3, 0.4) is 0 Å². The lowest BCUT2D eigenvalue weighted by Crippen LogP contribution is -1.97. The summed E-state index contributed by atoms with van der Waals surface area (Å²) in [5, 5.41) is 0. The zero-order chi connectivity index (χ0) is 12.5. The van der Waals surface area contributed by atoms with E-state index < -0.39 is 0 Å². The van der Waals surface area contributed by atoms with Gasteiger partial charge in [-0.1, -0.05) is 65.0 Å². The Morgan fingerprint density at radius 3 is 1.62 bits per heavy atom. The molecule has 0 saturated carbocycles. The van der Waals surface area contributed by atoms with Crippen molar-refractivity contribution in [3.8, 4) is 0 Å². The van der Waals surface area contributed by atoms with Gasteiger partial charge >= 0.3 is 0 Å². The number of rotatable bonds is 10. The molecular weight excluding hydrogens is 198 g/mol. The fourth-order valence-corrected chi connectivity index (χ4v) is 1.35. The van der Waals surface area contributed by atoms with Crippen LogP contribution in [0.15, 0.2) is 25.7 Å². The van der Waals surface area contributed by atoms with Crippen LogP contribution in [0, 0.1) is 0 Å². The van der Waals surface area contributed by atoms with E-state index in [-0.39, 0.29) is 0 Å². The average molecular weight is 227 g/mol. The van der Waals surface area contributed by atoms with Gasteiger partial charge in [0.2, 0.25) is 0 Å². The molecule has 0 saturated heterocycles. The van der Waals surface area contributed by atoms with Crippen molar-refractivity contribution < 1.29 is 4.74 Å². The summed E-state index contributed by atoms with van der Waals surface area (Å²) < 4.78 is 4.36. The Bertz CT molecular complexity index is 121. The maximum Gasteiger partial charge on any atom is 0.0829 e. The Morgan fingerprint density at radius 2 is 1.31 bits per heavy atom. The second-order valence-electron chi connectivity index (χ2n) is 3.73. The smallest absolute Gasteiger partial charge is 0.0829 e. The topological polar surface area (TPSA) is 35.2 Å². The van der Waals surface area contributed by atoms with E-state index in [0.717, 1.165) is 6.54 Å². The number of hydrogen-bond acceptors (Lipinski definition) is 2. The highest BCUT2D eigenvalue weighted by atomic mass is 16.5. The lowest BCUT2D eigenvalue weighted by Gasteiger charge is -1.99. The standard InChI is InChI=1S/C10H23N.C4H6O/c1-2-3-4-5-6-7-8-9-10-11;1-3-5-4-2/h2-11H2,1H3;3-4H,1-2H2. The van der Waals surface area contributed by atoms with Gasteiger partial charge in [-0.05, 0) is 13.0 Å². The fraction of sp³-hybridized carbons (Fsp3) is 0.714. The summed E-state index contributed by atoms with van der Waals surface area (Å²) in [5.41, 5.74) is 5.39. The molecule has 0 aromatic rings. The third-order valence-corrected chi connectivity index (χ3v) is 2.25. The molecule has 0 bridgehead atoms. The summed E-state index contributed by atoms with van der Waals surface area (Å²) in [6.45, 7) is 9.64. The van der Waals surface area contributed by atoms with Crippen LogP contribution in [0.5, 0.6) is 0 Å². The number of nitrogens with two attached hydrogens (primary N) is 1. The predicted octanol–water partition coefficient (Wildman–Crippen LogP) is 4.38. The maximum absolute atomic E-state index is 5.39. The minimum atomic E-state index is 0.870. The molecule has 16 heavy (non-hydrogen) atoms. The molecule has 0 aliphatic rings. The number of unbranched alkanes of at least 4 members (excludes halogenated alkanes) is 7. The predicted molar refractivity (Wildman–Crippen MR) is 73.1 cm³/mol. The van der Waals surface area contributed by atoms with Gasteiger partial charge in [-0.2, -0.15) is 0 Å². The van der Waals surface area contributed by atoms with E-state index in [2.05, 4.69) is 24.8 Å². The Balaban J connectivity index is 0. The highest BCUT2D eigenvalue weighted by molar-refractivity contribution is 4.57. The van der Waals surface area contributed by atoms with Crippen molar-refractivity contribution in [3.05, 3.63) is 25.7 Å². The SMILES string of the molecule is C=COC=C.CCCCCCCCCCN. The minimum Gasteiger partial charge on any atom is -0.474 e. The van der Waals surface area contributed by atoms with Crippen molar-refractivity contribution >= 4 is 0 Å². The maximum atomic E-state index is 5.39. The van der Waals surface area contributed by atoms with Gasteiger partial charge in [-0.25, -0.2) is 0 Å². The van der Waals surface area contributed by atoms with Crippen molar-refractivity contribution in [3.63, 3.8) is 0 Å². The van der Waals surface area contributed by atoms with Crippen molar-refractivity contribution in [1.82, 2.24) is 0 Å². The third kappa shape index (κ3) is 23.2. The lowest BCUT2D eigenvalue weighted by atomic mass is 10.1. The Morgan fingerprint density at radius 1 is 0.875 bits per heavy atom. The third-order valence-electron chi connectivity index (χ3n) is 2.25. The molecule has 0 atom stereocenters. The first kappa shape index (κ1) is 17.6. The van der Waals surface area contributed by atoms with Crippen molar-refractivity contribution in [1.29, 1.82) is 0 Å². The quantitative estimate of drug-likeness (QED) is 0.444. The van der Waals surface area contributed by atoms with Crippen LogP contribution >= 0.6 is 0 Å². The van der Waals surface area contributed by atoms with Gasteiger partial charge in [0.1, 0.15) is 0 Å². The molecule has 0 fully saturated rings. The van der Waals surface area contributed by atoms with Gasteiger partial charge in [-0.3, -0.25) is 0 Å². The fourth-order valence-electron chi connectivity index (χ4n) is 1.35. The molecule has 0 radical (unpaired) electrons. The molecule has 0 aromatic heterocycles. The van der Waals surface area contributed by atoms with Gasteiger partial charge in [0, 0.05) is 0 Å². The van der Waals surface area contributed by atoms with Crippen LogP contribution in [0.25, 0.3) is 0 Å². The molecule has 0 spiro atoms. The Labute approximate surface area is 102 Å². The monoisotopic (exact) mass is 227 g/mol. The van der Waals surface area contributed by atoms with E-state index >= 15 is 0 Å². The molecule has 0 amide bonds. The van der Waals surface area contributed by atoms with E-state index in [4.69, 9.17) is 5.73 Å². The normalized spacial score (nSPS) is 8.88. The number of hydrogen-bond donors (Lipinski definition) is 1. The van der Waals surface area contributed by atoms with Crippen LogP contribution in [0.1, 0.15) is 58.3 Å². The summed E-state index contributed by atoms with van der Waals surface area (Å²) in [6, 6.07) is 0. The highest BCUT2D eigenvalue weighted by Crippen LogP contribution is 2.07. The molecular formula is C14H29NO. The van der Waals surface area contributed by atoms with Crippen molar-refractivity contribution in [2.24, 2.45) is 5.73 Å². The highest BCUT2D eigenvalue weighted by Gasteiger charge is 1.89. The summed E-state index contributed by atoms with van der Waals surface area (Å²) >= 11 is 0. The Kier molecular flexibility index (Phi) is 21.8. The molecule has 0 aliphatic carbocycles. The molecule has 0 aromatic carbocycles. The second kappa shape index (κ2) is 19.8. The van der Waals surface area contributed by atoms with E-state index in [1.165, 1.54) is 63.9 Å². The van der Waals surface area contributed by atoms with Crippen LogP contribution in [0.4, 0.5) is 0 Å². The largest absolute Gasteiger partial charge is 0.474 e. The summed E-state index contributed by atoms with van der Waals surface area (Å²) in [5.74, 6) is 0. The van der Waals surface area contributed by atoms with E-state index in [9.17, 15) is 0 Å². The van der Waals surface area contributed by atoms with Crippen molar-refractivity contribution in [2.75, 3.05) is 6.54 Å². The lowest BCUT2D eigenvalue weighted by molar-refractivity contribution is 0.406. The van der Waals surface area contributed by atoms with Gasteiger partial charge in [0.15, 0.2) is 0 Å². The van der Waals surface area contributed by atoms with Gasteiger partial charge in [0.05, 0.1) is 12.5 Å².